The summed E-state index contributed by atoms with van der Waals surface area (Å²) in [5, 5.41) is 12.9. The number of benzene rings is 1. The lowest BCUT2D eigenvalue weighted by atomic mass is 10.1. The third kappa shape index (κ3) is 1.38. The van der Waals surface area contributed by atoms with Gasteiger partial charge in [0.2, 0.25) is 5.91 Å². The summed E-state index contributed by atoms with van der Waals surface area (Å²) in [6, 6.07) is 7.51. The molecule has 2 fully saturated rings. The number of para-hydroxylation sites is 1. The summed E-state index contributed by atoms with van der Waals surface area (Å²) in [5.74, 6) is 0.436. The van der Waals surface area contributed by atoms with Crippen LogP contribution in [0.15, 0.2) is 24.3 Å². The van der Waals surface area contributed by atoms with Crippen molar-refractivity contribution in [1.82, 2.24) is 10.2 Å². The second kappa shape index (κ2) is 3.49. The first-order chi connectivity index (χ1) is 7.75. The van der Waals surface area contributed by atoms with Crippen molar-refractivity contribution in [3.8, 4) is 5.75 Å². The lowest BCUT2D eigenvalue weighted by Crippen LogP contribution is -2.47. The average molecular weight is 218 g/mol. The van der Waals surface area contributed by atoms with Crippen molar-refractivity contribution in [3.05, 3.63) is 29.8 Å². The summed E-state index contributed by atoms with van der Waals surface area (Å²) in [7, 11) is 0. The maximum absolute atomic E-state index is 11.9. The maximum atomic E-state index is 11.9. The Bertz CT molecular complexity index is 433. The molecule has 2 N–H and O–H groups in total. The van der Waals surface area contributed by atoms with Gasteiger partial charge in [0, 0.05) is 24.7 Å². The topological polar surface area (TPSA) is 52.6 Å². The highest BCUT2D eigenvalue weighted by molar-refractivity contribution is 5.85. The fourth-order valence-corrected chi connectivity index (χ4v) is 2.56. The number of rotatable bonds is 2. The Morgan fingerprint density at radius 1 is 1.44 bits per heavy atom. The summed E-state index contributed by atoms with van der Waals surface area (Å²) < 4.78 is 0. The largest absolute Gasteiger partial charge is 0.508 e. The number of nitrogens with zero attached hydrogens (tertiary/aromatic N) is 1. The molecule has 2 unspecified atom stereocenters. The number of fused-ring (bicyclic) bond motifs is 2. The van der Waals surface area contributed by atoms with Crippen molar-refractivity contribution >= 4 is 5.91 Å². The molecule has 0 aliphatic carbocycles. The summed E-state index contributed by atoms with van der Waals surface area (Å²) in [5.41, 5.74) is 0.823. The zero-order chi connectivity index (χ0) is 11.1. The van der Waals surface area contributed by atoms with Crippen LogP contribution in [0, 0.1) is 0 Å². The average Bonchev–Trinajstić information content (AvgIpc) is 2.85. The fourth-order valence-electron chi connectivity index (χ4n) is 2.56. The molecule has 2 aliphatic rings. The van der Waals surface area contributed by atoms with Crippen molar-refractivity contribution in [2.45, 2.75) is 25.0 Å². The van der Waals surface area contributed by atoms with Gasteiger partial charge in [-0.25, -0.2) is 0 Å². The number of nitrogens with one attached hydrogen (secondary N) is 1. The molecule has 0 aromatic heterocycles. The van der Waals surface area contributed by atoms with Crippen molar-refractivity contribution in [2.75, 3.05) is 6.54 Å². The van der Waals surface area contributed by atoms with Crippen LogP contribution in [0.1, 0.15) is 12.0 Å². The van der Waals surface area contributed by atoms with Gasteiger partial charge in [-0.1, -0.05) is 18.2 Å². The molecule has 2 aliphatic heterocycles. The van der Waals surface area contributed by atoms with Crippen molar-refractivity contribution < 1.29 is 9.90 Å². The lowest BCUT2D eigenvalue weighted by molar-refractivity contribution is -0.132. The van der Waals surface area contributed by atoms with E-state index in [1.807, 2.05) is 17.0 Å². The van der Waals surface area contributed by atoms with E-state index in [-0.39, 0.29) is 17.7 Å². The number of carbonyl (C=O) groups excluding carboxylic acids is 1. The SMILES string of the molecule is O=C1C2CC(CN2)N1Cc1ccccc1O. The molecular formula is C12H14N2O2. The minimum atomic E-state index is 0.0101. The highest BCUT2D eigenvalue weighted by Crippen LogP contribution is 2.28. The predicted molar refractivity (Wildman–Crippen MR) is 58.9 cm³/mol. The fraction of sp³-hybridized carbons (Fsp3) is 0.417. The van der Waals surface area contributed by atoms with Crippen molar-refractivity contribution in [2.24, 2.45) is 0 Å². The third-order valence-electron chi connectivity index (χ3n) is 3.46. The molecule has 1 aromatic carbocycles. The molecule has 0 saturated carbocycles. The second-order valence-corrected chi connectivity index (χ2v) is 4.45. The molecule has 0 spiro atoms. The van der Waals surface area contributed by atoms with E-state index < -0.39 is 0 Å². The molecule has 84 valence electrons. The highest BCUT2D eigenvalue weighted by Gasteiger charge is 2.44. The number of amides is 1. The van der Waals surface area contributed by atoms with Crippen molar-refractivity contribution in [1.29, 1.82) is 0 Å². The molecular weight excluding hydrogens is 204 g/mol. The number of piperazine rings is 1. The van der Waals surface area contributed by atoms with Crippen LogP contribution < -0.4 is 5.32 Å². The minimum absolute atomic E-state index is 0.0101. The monoisotopic (exact) mass is 218 g/mol. The Hall–Kier alpha value is -1.55. The molecule has 4 heteroatoms. The highest BCUT2D eigenvalue weighted by atomic mass is 16.3. The maximum Gasteiger partial charge on any atom is 0.240 e. The van der Waals surface area contributed by atoms with E-state index >= 15 is 0 Å². The first-order valence-electron chi connectivity index (χ1n) is 5.56. The molecule has 2 saturated heterocycles. The number of hydrogen-bond acceptors (Lipinski definition) is 3. The van der Waals surface area contributed by atoms with Gasteiger partial charge in [0.15, 0.2) is 0 Å². The van der Waals surface area contributed by atoms with E-state index in [1.54, 1.807) is 12.1 Å². The van der Waals surface area contributed by atoms with Gasteiger partial charge in [-0.05, 0) is 12.5 Å². The van der Waals surface area contributed by atoms with Crippen LogP contribution in [0.3, 0.4) is 0 Å². The number of phenols is 1. The Labute approximate surface area is 93.9 Å². The van der Waals surface area contributed by atoms with Crippen molar-refractivity contribution in [3.63, 3.8) is 0 Å². The van der Waals surface area contributed by atoms with Crippen LogP contribution in [-0.2, 0) is 11.3 Å². The van der Waals surface area contributed by atoms with Gasteiger partial charge in [-0.3, -0.25) is 4.79 Å². The van der Waals surface area contributed by atoms with Gasteiger partial charge >= 0.3 is 0 Å². The van der Waals surface area contributed by atoms with Gasteiger partial charge in [0.25, 0.3) is 0 Å². The number of phenolic OH excluding ortho intramolecular Hbond substituents is 1. The van der Waals surface area contributed by atoms with Gasteiger partial charge in [0.05, 0.1) is 6.04 Å². The van der Waals surface area contributed by atoms with E-state index in [9.17, 15) is 9.90 Å². The first-order valence-corrected chi connectivity index (χ1v) is 5.56. The normalized spacial score (nSPS) is 27.8. The number of carbonyl (C=O) groups is 1. The molecule has 0 radical (unpaired) electrons. The molecule has 2 bridgehead atoms. The van der Waals surface area contributed by atoms with E-state index in [2.05, 4.69) is 5.32 Å². The quantitative estimate of drug-likeness (QED) is 0.758. The van der Waals surface area contributed by atoms with E-state index in [0.717, 1.165) is 18.5 Å². The lowest BCUT2D eigenvalue weighted by Gasteiger charge is -2.27. The van der Waals surface area contributed by atoms with Crippen LogP contribution in [0.25, 0.3) is 0 Å². The summed E-state index contributed by atoms with van der Waals surface area (Å²) in [4.78, 5) is 13.7. The zero-order valence-electron chi connectivity index (χ0n) is 8.89. The van der Waals surface area contributed by atoms with E-state index in [1.165, 1.54) is 0 Å². The smallest absolute Gasteiger partial charge is 0.240 e. The van der Waals surface area contributed by atoms with Gasteiger partial charge < -0.3 is 15.3 Å². The van der Waals surface area contributed by atoms with Crippen LogP contribution in [0.5, 0.6) is 5.75 Å². The molecule has 3 rings (SSSR count). The first kappa shape index (κ1) is 9.66. The Morgan fingerprint density at radius 2 is 2.25 bits per heavy atom. The summed E-state index contributed by atoms with van der Waals surface area (Å²) in [6.07, 6.45) is 0.909. The zero-order valence-corrected chi connectivity index (χ0v) is 8.89. The Kier molecular flexibility index (Phi) is 2.11. The Morgan fingerprint density at radius 3 is 2.94 bits per heavy atom. The number of likely N-dealkylation sites (tertiary alicyclic amines) is 1. The number of hydrogen-bond donors (Lipinski definition) is 2. The molecule has 4 nitrogen and oxygen atoms in total. The molecule has 2 atom stereocenters. The molecule has 2 heterocycles. The second-order valence-electron chi connectivity index (χ2n) is 4.45. The molecule has 16 heavy (non-hydrogen) atoms. The van der Waals surface area contributed by atoms with Crippen LogP contribution in [0.4, 0.5) is 0 Å². The van der Waals surface area contributed by atoms with E-state index in [0.29, 0.717) is 12.6 Å². The van der Waals surface area contributed by atoms with Gasteiger partial charge in [0.1, 0.15) is 5.75 Å². The molecule has 1 amide bonds. The minimum Gasteiger partial charge on any atom is -0.508 e. The number of aromatic hydroxyl groups is 1. The van der Waals surface area contributed by atoms with Crippen LogP contribution in [0.2, 0.25) is 0 Å². The predicted octanol–water partition coefficient (Wildman–Crippen LogP) is 0.465. The summed E-state index contributed by atoms with van der Waals surface area (Å²) >= 11 is 0. The standard InChI is InChI=1S/C12H14N2O2/c15-11-4-2-1-3-8(11)7-14-9-5-10(12(14)16)13-6-9/h1-4,9-10,13,15H,5-7H2. The van der Waals surface area contributed by atoms with E-state index in [4.69, 9.17) is 0 Å². The van der Waals surface area contributed by atoms with Gasteiger partial charge in [-0.2, -0.15) is 0 Å². The molecule has 1 aromatic rings. The summed E-state index contributed by atoms with van der Waals surface area (Å²) in [6.45, 7) is 1.40. The van der Waals surface area contributed by atoms with Crippen LogP contribution >= 0.6 is 0 Å². The third-order valence-corrected chi connectivity index (χ3v) is 3.46. The van der Waals surface area contributed by atoms with Crippen LogP contribution in [-0.4, -0.2) is 34.5 Å². The van der Waals surface area contributed by atoms with Gasteiger partial charge in [-0.15, -0.1) is 0 Å². The Balaban J connectivity index is 1.81.